The van der Waals surface area contributed by atoms with Gasteiger partial charge in [0.1, 0.15) is 36.5 Å². The van der Waals surface area contributed by atoms with E-state index in [2.05, 4.69) is 0 Å². The molecule has 4 nitrogen and oxygen atoms in total. The lowest BCUT2D eigenvalue weighted by Gasteiger charge is -2.14. The highest BCUT2D eigenvalue weighted by molar-refractivity contribution is 5.81. The van der Waals surface area contributed by atoms with Crippen LogP contribution in [0.2, 0.25) is 0 Å². The Bertz CT molecular complexity index is 993. The summed E-state index contributed by atoms with van der Waals surface area (Å²) in [7, 11) is 0. The molecule has 0 N–H and O–H groups in total. The van der Waals surface area contributed by atoms with E-state index in [0.29, 0.717) is 25.0 Å². The molecule has 2 saturated carbocycles. The van der Waals surface area contributed by atoms with Crippen LogP contribution in [-0.4, -0.2) is 11.9 Å². The minimum absolute atomic E-state index is 0.00401. The summed E-state index contributed by atoms with van der Waals surface area (Å²) in [5, 5.41) is 0. The number of halogens is 4. The van der Waals surface area contributed by atoms with E-state index in [1.54, 1.807) is 0 Å². The van der Waals surface area contributed by atoms with Crippen molar-refractivity contribution < 1.29 is 36.6 Å². The van der Waals surface area contributed by atoms with Gasteiger partial charge in [-0.1, -0.05) is 0 Å². The fourth-order valence-corrected chi connectivity index (χ4v) is 4.27. The van der Waals surface area contributed by atoms with Gasteiger partial charge in [0, 0.05) is 23.3 Å². The Morgan fingerprint density at radius 1 is 0.800 bits per heavy atom. The van der Waals surface area contributed by atoms with Crippen molar-refractivity contribution in [1.29, 1.82) is 0 Å². The van der Waals surface area contributed by atoms with Crippen molar-refractivity contribution >= 4 is 11.9 Å². The third-order valence-electron chi connectivity index (χ3n) is 5.85. The van der Waals surface area contributed by atoms with Crippen LogP contribution in [0.4, 0.5) is 17.6 Å². The van der Waals surface area contributed by atoms with Crippen LogP contribution in [0, 0.1) is 46.9 Å². The van der Waals surface area contributed by atoms with Gasteiger partial charge < -0.3 is 9.47 Å². The second-order valence-electron chi connectivity index (χ2n) is 7.64. The first kappa shape index (κ1) is 20.4. The molecule has 0 bridgehead atoms. The Morgan fingerprint density at radius 2 is 1.33 bits per heavy atom. The maximum atomic E-state index is 13.7. The lowest BCUT2D eigenvalue weighted by Crippen LogP contribution is -2.21. The second-order valence-corrected chi connectivity index (χ2v) is 7.64. The first-order valence-electron chi connectivity index (χ1n) is 9.56. The molecule has 0 radical (unpaired) electrons. The van der Waals surface area contributed by atoms with Crippen LogP contribution in [-0.2, 0) is 32.3 Å². The Morgan fingerprint density at radius 3 is 1.87 bits per heavy atom. The molecule has 0 saturated heterocycles. The zero-order valence-electron chi connectivity index (χ0n) is 15.7. The number of esters is 2. The summed E-state index contributed by atoms with van der Waals surface area (Å²) >= 11 is 0. The summed E-state index contributed by atoms with van der Waals surface area (Å²) in [5.41, 5.74) is 0.125. The molecule has 158 valence electrons. The maximum absolute atomic E-state index is 13.7. The first-order valence-corrected chi connectivity index (χ1v) is 9.56. The lowest BCUT2D eigenvalue weighted by molar-refractivity contribution is -0.152. The first-order chi connectivity index (χ1) is 14.3. The number of rotatable bonds is 6. The SMILES string of the molecule is O=C(OCc1ccc(F)cc1F)C1CCC2C(C(=O)OCc3ccc(F)cc3F)C12. The molecular weight excluding hydrogens is 404 g/mol. The molecule has 8 heteroatoms. The van der Waals surface area contributed by atoms with Crippen LogP contribution in [0.1, 0.15) is 24.0 Å². The average Bonchev–Trinajstić information content (AvgIpc) is 3.25. The third-order valence-corrected chi connectivity index (χ3v) is 5.85. The van der Waals surface area contributed by atoms with Gasteiger partial charge in [0.2, 0.25) is 0 Å². The number of carbonyl (C=O) groups is 2. The monoisotopic (exact) mass is 422 g/mol. The molecule has 4 rings (SSSR count). The number of hydrogen-bond acceptors (Lipinski definition) is 4. The Labute approximate surface area is 169 Å². The fraction of sp³-hybridized carbons (Fsp3) is 0.364. The molecule has 0 spiro atoms. The minimum Gasteiger partial charge on any atom is -0.460 e. The van der Waals surface area contributed by atoms with E-state index in [1.807, 2.05) is 0 Å². The molecule has 0 amide bonds. The van der Waals surface area contributed by atoms with Gasteiger partial charge in [-0.05, 0) is 48.9 Å². The van der Waals surface area contributed by atoms with E-state index >= 15 is 0 Å². The molecule has 2 aromatic rings. The number of carbonyl (C=O) groups excluding carboxylic acids is 2. The van der Waals surface area contributed by atoms with Crippen LogP contribution in [0.15, 0.2) is 36.4 Å². The molecular formula is C22H18F4O4. The van der Waals surface area contributed by atoms with Gasteiger partial charge in [0.25, 0.3) is 0 Å². The molecule has 4 unspecified atom stereocenters. The van der Waals surface area contributed by atoms with Crippen LogP contribution in [0.3, 0.4) is 0 Å². The van der Waals surface area contributed by atoms with E-state index in [9.17, 15) is 27.2 Å². The topological polar surface area (TPSA) is 52.6 Å². The summed E-state index contributed by atoms with van der Waals surface area (Å²) in [6.45, 7) is -0.641. The molecule has 4 atom stereocenters. The van der Waals surface area contributed by atoms with Crippen LogP contribution in [0.5, 0.6) is 0 Å². The highest BCUT2D eigenvalue weighted by Crippen LogP contribution is 2.61. The quantitative estimate of drug-likeness (QED) is 0.515. The predicted molar refractivity (Wildman–Crippen MR) is 95.5 cm³/mol. The van der Waals surface area contributed by atoms with Crippen molar-refractivity contribution in [3.05, 3.63) is 70.8 Å². The molecule has 2 aliphatic carbocycles. The average molecular weight is 422 g/mol. The Kier molecular flexibility index (Phi) is 5.49. The highest BCUT2D eigenvalue weighted by Gasteiger charge is 2.64. The fourth-order valence-electron chi connectivity index (χ4n) is 4.27. The van der Waals surface area contributed by atoms with E-state index in [1.165, 1.54) is 12.1 Å². The van der Waals surface area contributed by atoms with Gasteiger partial charge in [-0.15, -0.1) is 0 Å². The number of ether oxygens (including phenoxy) is 2. The van der Waals surface area contributed by atoms with E-state index < -0.39 is 47.0 Å². The summed E-state index contributed by atoms with van der Waals surface area (Å²) in [6.07, 6.45) is 1.20. The third kappa shape index (κ3) is 4.04. The summed E-state index contributed by atoms with van der Waals surface area (Å²) in [6, 6.07) is 6.00. The molecule has 2 aromatic carbocycles. The molecule has 0 heterocycles. The van der Waals surface area contributed by atoms with E-state index in [4.69, 9.17) is 9.47 Å². The van der Waals surface area contributed by atoms with Crippen LogP contribution < -0.4 is 0 Å². The molecule has 2 fully saturated rings. The van der Waals surface area contributed by atoms with Gasteiger partial charge in [-0.3, -0.25) is 9.59 Å². The molecule has 30 heavy (non-hydrogen) atoms. The minimum atomic E-state index is -0.798. The largest absolute Gasteiger partial charge is 0.460 e. The van der Waals surface area contributed by atoms with Crippen LogP contribution >= 0.6 is 0 Å². The Balaban J connectivity index is 1.30. The van der Waals surface area contributed by atoms with E-state index in [-0.39, 0.29) is 36.2 Å². The van der Waals surface area contributed by atoms with Gasteiger partial charge >= 0.3 is 11.9 Å². The standard InChI is InChI=1S/C22H18F4O4/c23-13-3-1-11(17(25)7-13)9-29-21(27)16-6-5-15-19(16)20(15)22(28)30-10-12-2-4-14(24)8-18(12)26/h1-4,7-8,15-16,19-20H,5-6,9-10H2. The van der Waals surface area contributed by atoms with E-state index in [0.717, 1.165) is 12.1 Å². The van der Waals surface area contributed by atoms with Crippen molar-refractivity contribution in [2.24, 2.45) is 23.7 Å². The zero-order chi connectivity index (χ0) is 21.4. The number of hydrogen-bond donors (Lipinski definition) is 0. The molecule has 0 aliphatic heterocycles. The summed E-state index contributed by atoms with van der Waals surface area (Å²) in [5.74, 6) is -5.30. The van der Waals surface area contributed by atoms with Crippen LogP contribution in [0.25, 0.3) is 0 Å². The van der Waals surface area contributed by atoms with Crippen molar-refractivity contribution in [3.8, 4) is 0 Å². The van der Waals surface area contributed by atoms with Gasteiger partial charge in [0.15, 0.2) is 0 Å². The van der Waals surface area contributed by atoms with Gasteiger partial charge in [-0.25, -0.2) is 17.6 Å². The smallest absolute Gasteiger partial charge is 0.309 e. The normalized spacial score (nSPS) is 24.3. The highest BCUT2D eigenvalue weighted by atomic mass is 19.1. The van der Waals surface area contributed by atoms with Gasteiger partial charge in [0.05, 0.1) is 11.8 Å². The Hall–Kier alpha value is -2.90. The molecule has 0 aromatic heterocycles. The van der Waals surface area contributed by atoms with Crippen molar-refractivity contribution in [1.82, 2.24) is 0 Å². The van der Waals surface area contributed by atoms with Gasteiger partial charge in [-0.2, -0.15) is 0 Å². The zero-order valence-corrected chi connectivity index (χ0v) is 15.7. The second kappa shape index (κ2) is 8.08. The van der Waals surface area contributed by atoms with Crippen molar-refractivity contribution in [2.45, 2.75) is 26.1 Å². The number of benzene rings is 2. The maximum Gasteiger partial charge on any atom is 0.309 e. The molecule has 2 aliphatic rings. The van der Waals surface area contributed by atoms with Crippen molar-refractivity contribution in [3.63, 3.8) is 0 Å². The predicted octanol–water partition coefficient (Wildman–Crippen LogP) is 4.30. The lowest BCUT2D eigenvalue weighted by atomic mass is 10.00. The summed E-state index contributed by atoms with van der Waals surface area (Å²) in [4.78, 5) is 24.7. The summed E-state index contributed by atoms with van der Waals surface area (Å²) < 4.78 is 63.5. The van der Waals surface area contributed by atoms with Crippen molar-refractivity contribution in [2.75, 3.05) is 0 Å². The number of fused-ring (bicyclic) bond motifs is 1.